The Labute approximate surface area is 54.1 Å². The standard InChI is InChI=1S/C2H2F3NO3S/c3-2(4,5)10(8,9)6-1-7/h1H,(H,6,7). The molecule has 1 amide bonds. The van der Waals surface area contributed by atoms with Crippen LogP contribution in [0.5, 0.6) is 0 Å². The SMILES string of the molecule is O=CNS(=O)(=O)C(F)(F)F. The van der Waals surface area contributed by atoms with Crippen molar-refractivity contribution in [2.45, 2.75) is 5.51 Å². The molecular weight excluding hydrogens is 175 g/mol. The summed E-state index contributed by atoms with van der Waals surface area (Å²) in [5.41, 5.74) is -5.42. The molecule has 60 valence electrons. The fourth-order valence-corrected chi connectivity index (χ4v) is 0.390. The molecule has 0 atom stereocenters. The second kappa shape index (κ2) is 2.45. The van der Waals surface area contributed by atoms with Crippen LogP contribution in [0, 0.1) is 0 Å². The van der Waals surface area contributed by atoms with Gasteiger partial charge in [0.05, 0.1) is 0 Å². The Bertz CT molecular complexity index is 216. The van der Waals surface area contributed by atoms with E-state index >= 15 is 0 Å². The molecule has 0 radical (unpaired) electrons. The van der Waals surface area contributed by atoms with Crippen molar-refractivity contribution < 1.29 is 26.4 Å². The third kappa shape index (κ3) is 1.87. The van der Waals surface area contributed by atoms with E-state index in [4.69, 9.17) is 0 Å². The summed E-state index contributed by atoms with van der Waals surface area (Å²) in [6.07, 6.45) is -0.553. The summed E-state index contributed by atoms with van der Waals surface area (Å²) in [5, 5.41) is 0. The summed E-state index contributed by atoms with van der Waals surface area (Å²) in [5.74, 6) is 0. The molecule has 0 saturated heterocycles. The van der Waals surface area contributed by atoms with Crippen LogP contribution in [-0.2, 0) is 14.8 Å². The maximum absolute atomic E-state index is 11.2. The van der Waals surface area contributed by atoms with Crippen LogP contribution in [0.1, 0.15) is 0 Å². The Morgan fingerprint density at radius 3 is 1.80 bits per heavy atom. The number of alkyl halides is 3. The first-order valence-electron chi connectivity index (χ1n) is 1.83. The van der Waals surface area contributed by atoms with Crippen LogP contribution < -0.4 is 4.72 Å². The Hall–Kier alpha value is -0.790. The van der Waals surface area contributed by atoms with Crippen molar-refractivity contribution in [2.75, 3.05) is 0 Å². The van der Waals surface area contributed by atoms with Gasteiger partial charge in [-0.1, -0.05) is 0 Å². The van der Waals surface area contributed by atoms with E-state index in [1.165, 1.54) is 0 Å². The number of rotatable bonds is 2. The number of hydrogen-bond acceptors (Lipinski definition) is 3. The van der Waals surface area contributed by atoms with Gasteiger partial charge < -0.3 is 0 Å². The maximum Gasteiger partial charge on any atom is 0.516 e. The van der Waals surface area contributed by atoms with Crippen molar-refractivity contribution in [3.05, 3.63) is 0 Å². The first-order valence-corrected chi connectivity index (χ1v) is 3.32. The van der Waals surface area contributed by atoms with E-state index in [1.807, 2.05) is 0 Å². The lowest BCUT2D eigenvalue weighted by molar-refractivity contribution is -0.108. The van der Waals surface area contributed by atoms with E-state index in [-0.39, 0.29) is 0 Å². The minimum atomic E-state index is -5.47. The van der Waals surface area contributed by atoms with E-state index in [9.17, 15) is 26.4 Å². The third-order valence-corrected chi connectivity index (χ3v) is 1.52. The number of nitrogens with one attached hydrogen (secondary N) is 1. The van der Waals surface area contributed by atoms with E-state index in [1.54, 1.807) is 0 Å². The number of carbonyl (C=O) groups is 1. The van der Waals surface area contributed by atoms with Gasteiger partial charge in [0.25, 0.3) is 0 Å². The molecule has 0 heterocycles. The Kier molecular flexibility index (Phi) is 2.25. The summed E-state index contributed by atoms with van der Waals surface area (Å²) in [7, 11) is -5.47. The van der Waals surface area contributed by atoms with Crippen molar-refractivity contribution in [1.82, 2.24) is 4.72 Å². The molecule has 0 aliphatic carbocycles. The lowest BCUT2D eigenvalue weighted by atomic mass is 11.5. The molecule has 8 heteroatoms. The number of carbonyl (C=O) groups excluding carboxylic acids is 1. The molecule has 0 aliphatic rings. The lowest BCUT2D eigenvalue weighted by Crippen LogP contribution is -2.35. The first-order chi connectivity index (χ1) is 4.31. The van der Waals surface area contributed by atoms with Gasteiger partial charge in [-0.3, -0.25) is 4.79 Å². The van der Waals surface area contributed by atoms with Gasteiger partial charge >= 0.3 is 15.5 Å². The predicted octanol–water partition coefficient (Wildman–Crippen LogP) is -0.418. The quantitative estimate of drug-likeness (QED) is 0.583. The van der Waals surface area contributed by atoms with Crippen LogP contribution in [0.15, 0.2) is 0 Å². The van der Waals surface area contributed by atoms with Gasteiger partial charge in [-0.15, -0.1) is 0 Å². The zero-order valence-corrected chi connectivity index (χ0v) is 5.16. The summed E-state index contributed by atoms with van der Waals surface area (Å²) in [6, 6.07) is 0. The van der Waals surface area contributed by atoms with Crippen molar-refractivity contribution in [1.29, 1.82) is 0 Å². The van der Waals surface area contributed by atoms with Crippen molar-refractivity contribution in [3.8, 4) is 0 Å². The molecule has 0 saturated carbocycles. The Morgan fingerprint density at radius 2 is 1.70 bits per heavy atom. The Morgan fingerprint density at radius 1 is 1.30 bits per heavy atom. The van der Waals surface area contributed by atoms with E-state index in [0.717, 1.165) is 0 Å². The second-order valence-corrected chi connectivity index (χ2v) is 2.89. The molecule has 0 fully saturated rings. The average molecular weight is 177 g/mol. The molecule has 0 unspecified atom stereocenters. The van der Waals surface area contributed by atoms with Gasteiger partial charge in [-0.05, 0) is 0 Å². The molecule has 0 rings (SSSR count). The van der Waals surface area contributed by atoms with Crippen LogP contribution in [-0.4, -0.2) is 20.3 Å². The van der Waals surface area contributed by atoms with Gasteiger partial charge in [-0.2, -0.15) is 21.6 Å². The monoisotopic (exact) mass is 177 g/mol. The topological polar surface area (TPSA) is 63.2 Å². The highest BCUT2D eigenvalue weighted by molar-refractivity contribution is 7.90. The predicted molar refractivity (Wildman–Crippen MR) is 24.2 cm³/mol. The summed E-state index contributed by atoms with van der Waals surface area (Å²) in [6.45, 7) is 0. The maximum atomic E-state index is 11.2. The molecule has 0 aromatic heterocycles. The fraction of sp³-hybridized carbons (Fsp3) is 0.500. The van der Waals surface area contributed by atoms with Crippen LogP contribution in [0.3, 0.4) is 0 Å². The van der Waals surface area contributed by atoms with E-state index < -0.39 is 21.9 Å². The number of hydrogen-bond donors (Lipinski definition) is 1. The van der Waals surface area contributed by atoms with Crippen molar-refractivity contribution >= 4 is 16.4 Å². The van der Waals surface area contributed by atoms with Crippen LogP contribution in [0.2, 0.25) is 0 Å². The summed E-state index contributed by atoms with van der Waals surface area (Å²) < 4.78 is 53.8. The van der Waals surface area contributed by atoms with Gasteiger partial charge in [0.2, 0.25) is 6.41 Å². The van der Waals surface area contributed by atoms with Crippen LogP contribution in [0.25, 0.3) is 0 Å². The van der Waals surface area contributed by atoms with Crippen LogP contribution in [0.4, 0.5) is 13.2 Å². The molecular formula is C2H2F3NO3S. The molecule has 10 heavy (non-hydrogen) atoms. The fourth-order valence-electron chi connectivity index (χ4n) is 0.130. The Balaban J connectivity index is 4.59. The molecule has 1 N–H and O–H groups in total. The van der Waals surface area contributed by atoms with Crippen LogP contribution >= 0.6 is 0 Å². The first kappa shape index (κ1) is 9.21. The smallest absolute Gasteiger partial charge is 0.278 e. The molecule has 0 aromatic rings. The summed E-state index contributed by atoms with van der Waals surface area (Å²) >= 11 is 0. The van der Waals surface area contributed by atoms with Gasteiger partial charge in [0, 0.05) is 0 Å². The number of halogens is 3. The lowest BCUT2D eigenvalue weighted by Gasteiger charge is -2.03. The highest BCUT2D eigenvalue weighted by Crippen LogP contribution is 2.20. The largest absolute Gasteiger partial charge is 0.516 e. The second-order valence-electron chi connectivity index (χ2n) is 1.18. The molecule has 0 spiro atoms. The molecule has 0 bridgehead atoms. The third-order valence-electron chi connectivity index (χ3n) is 0.508. The average Bonchev–Trinajstić information content (AvgIpc) is 1.61. The zero-order valence-electron chi connectivity index (χ0n) is 4.34. The van der Waals surface area contributed by atoms with E-state index in [2.05, 4.69) is 0 Å². The van der Waals surface area contributed by atoms with Gasteiger partial charge in [0.1, 0.15) is 0 Å². The molecule has 4 nitrogen and oxygen atoms in total. The van der Waals surface area contributed by atoms with Gasteiger partial charge in [0.15, 0.2) is 0 Å². The zero-order chi connectivity index (χ0) is 8.41. The minimum Gasteiger partial charge on any atom is -0.278 e. The normalized spacial score (nSPS) is 12.7. The summed E-state index contributed by atoms with van der Waals surface area (Å²) in [4.78, 5) is 9.28. The van der Waals surface area contributed by atoms with E-state index in [0.29, 0.717) is 4.72 Å². The molecule has 0 aromatic carbocycles. The van der Waals surface area contributed by atoms with Gasteiger partial charge in [-0.25, -0.2) is 4.72 Å². The number of amides is 1. The highest BCUT2D eigenvalue weighted by Gasteiger charge is 2.45. The minimum absolute atomic E-state index is 0.553. The van der Waals surface area contributed by atoms with Crippen molar-refractivity contribution in [3.63, 3.8) is 0 Å². The van der Waals surface area contributed by atoms with Crippen molar-refractivity contribution in [2.24, 2.45) is 0 Å². The molecule has 0 aliphatic heterocycles. The highest BCUT2D eigenvalue weighted by atomic mass is 32.2. The number of sulfonamides is 1.